The first-order valence-electron chi connectivity index (χ1n) is 5.13. The Morgan fingerprint density at radius 3 is 2.82 bits per heavy atom. The number of nitrogens with one attached hydrogen (secondary N) is 2. The zero-order valence-corrected chi connectivity index (χ0v) is 9.88. The van der Waals surface area contributed by atoms with Crippen LogP contribution < -0.4 is 10.7 Å². The maximum absolute atomic E-state index is 11.2. The van der Waals surface area contributed by atoms with Crippen LogP contribution in [0.3, 0.4) is 0 Å². The molecule has 0 unspecified atom stereocenters. The van der Waals surface area contributed by atoms with Crippen LogP contribution in [0.15, 0.2) is 35.4 Å². The van der Waals surface area contributed by atoms with Crippen LogP contribution in [0.2, 0.25) is 0 Å². The Morgan fingerprint density at radius 1 is 1.47 bits per heavy atom. The number of nitrogens with zero attached hydrogens (tertiary/aromatic N) is 2. The van der Waals surface area contributed by atoms with Gasteiger partial charge in [0.05, 0.1) is 0 Å². The summed E-state index contributed by atoms with van der Waals surface area (Å²) in [4.78, 5) is 11.2. The van der Waals surface area contributed by atoms with Crippen LogP contribution >= 0.6 is 0 Å². The van der Waals surface area contributed by atoms with Crippen molar-refractivity contribution in [1.82, 2.24) is 15.9 Å². The van der Waals surface area contributed by atoms with Gasteiger partial charge in [0, 0.05) is 14.1 Å². The summed E-state index contributed by atoms with van der Waals surface area (Å²) >= 11 is 0. The predicted octanol–water partition coefficient (Wildman–Crippen LogP) is 0.922. The number of benzene rings is 1. The summed E-state index contributed by atoms with van der Waals surface area (Å²) in [5.74, 6) is 0. The second-order valence-electron chi connectivity index (χ2n) is 3.20. The number of ether oxygens (including phenoxy) is 1. The molecular weight excluding hydrogens is 220 g/mol. The molecule has 0 radical (unpaired) electrons. The number of amides is 1. The number of hydrazine groups is 1. The zero-order chi connectivity index (χ0) is 12.5. The average Bonchev–Trinajstić information content (AvgIpc) is 2.37. The smallest absolute Gasteiger partial charge is 0.412 e. The molecule has 0 aliphatic heterocycles. The minimum atomic E-state index is -0.540. The third-order valence-electron chi connectivity index (χ3n) is 1.95. The Labute approximate surface area is 100 Å². The second-order valence-corrected chi connectivity index (χ2v) is 3.20. The van der Waals surface area contributed by atoms with Crippen LogP contribution in [0, 0.1) is 0 Å². The lowest BCUT2D eigenvalue weighted by atomic mass is 10.2. The van der Waals surface area contributed by atoms with Crippen molar-refractivity contribution >= 4 is 12.4 Å². The SMILES string of the molecule is CNN(C)/N=C/NC(=O)OCc1ccccc1. The fraction of sp³-hybridized carbons (Fsp3) is 0.273. The van der Waals surface area contributed by atoms with Crippen molar-refractivity contribution in [3.63, 3.8) is 0 Å². The van der Waals surface area contributed by atoms with Crippen LogP contribution in [0.25, 0.3) is 0 Å². The summed E-state index contributed by atoms with van der Waals surface area (Å²) in [6.45, 7) is 0.238. The lowest BCUT2D eigenvalue weighted by Crippen LogP contribution is -2.29. The topological polar surface area (TPSA) is 66.0 Å². The van der Waals surface area contributed by atoms with Crippen LogP contribution in [-0.4, -0.2) is 31.6 Å². The van der Waals surface area contributed by atoms with Gasteiger partial charge in [-0.25, -0.2) is 15.3 Å². The molecule has 0 heterocycles. The number of hydrazone groups is 1. The average molecular weight is 236 g/mol. The summed E-state index contributed by atoms with van der Waals surface area (Å²) in [5.41, 5.74) is 3.68. The number of carbonyl (C=O) groups is 1. The van der Waals surface area contributed by atoms with Crippen LogP contribution in [-0.2, 0) is 11.3 Å². The highest BCUT2D eigenvalue weighted by Crippen LogP contribution is 1.99. The normalized spacial score (nSPS) is 10.2. The molecule has 0 saturated heterocycles. The number of carbonyl (C=O) groups excluding carboxylic acids is 1. The number of hydrogen-bond acceptors (Lipinski definition) is 5. The van der Waals surface area contributed by atoms with E-state index in [0.717, 1.165) is 5.56 Å². The van der Waals surface area contributed by atoms with Gasteiger partial charge in [0.15, 0.2) is 0 Å². The van der Waals surface area contributed by atoms with Gasteiger partial charge in [0.1, 0.15) is 12.9 Å². The Kier molecular flexibility index (Phi) is 5.53. The molecule has 92 valence electrons. The molecule has 0 atom stereocenters. The van der Waals surface area contributed by atoms with Crippen molar-refractivity contribution in [1.29, 1.82) is 0 Å². The van der Waals surface area contributed by atoms with Gasteiger partial charge in [0.2, 0.25) is 0 Å². The summed E-state index contributed by atoms with van der Waals surface area (Å²) in [6, 6.07) is 9.45. The molecule has 0 saturated carbocycles. The predicted molar refractivity (Wildman–Crippen MR) is 65.1 cm³/mol. The van der Waals surface area contributed by atoms with Gasteiger partial charge in [-0.15, -0.1) is 0 Å². The van der Waals surface area contributed by atoms with Crippen molar-refractivity contribution in [3.8, 4) is 0 Å². The lowest BCUT2D eigenvalue weighted by molar-refractivity contribution is 0.145. The second kappa shape index (κ2) is 7.24. The van der Waals surface area contributed by atoms with E-state index in [-0.39, 0.29) is 6.61 Å². The summed E-state index contributed by atoms with van der Waals surface area (Å²) in [6.07, 6.45) is 0.714. The molecule has 17 heavy (non-hydrogen) atoms. The minimum absolute atomic E-state index is 0.238. The molecule has 0 fully saturated rings. The maximum Gasteiger partial charge on any atom is 0.412 e. The van der Waals surface area contributed by atoms with Crippen molar-refractivity contribution in [3.05, 3.63) is 35.9 Å². The highest BCUT2D eigenvalue weighted by Gasteiger charge is 1.99. The molecule has 0 spiro atoms. The molecule has 0 aromatic heterocycles. The van der Waals surface area contributed by atoms with Gasteiger partial charge >= 0.3 is 6.09 Å². The van der Waals surface area contributed by atoms with E-state index in [1.165, 1.54) is 11.5 Å². The van der Waals surface area contributed by atoms with Gasteiger partial charge in [-0.1, -0.05) is 30.3 Å². The molecule has 0 aliphatic carbocycles. The fourth-order valence-electron chi connectivity index (χ4n) is 0.991. The molecule has 2 N–H and O–H groups in total. The molecular formula is C11H16N4O2. The fourth-order valence-corrected chi connectivity index (χ4v) is 0.991. The van der Waals surface area contributed by atoms with Crippen molar-refractivity contribution in [2.45, 2.75) is 6.61 Å². The molecule has 6 heteroatoms. The Morgan fingerprint density at radius 2 is 2.18 bits per heavy atom. The molecule has 0 aliphatic rings. The van der Waals surface area contributed by atoms with E-state index in [2.05, 4.69) is 15.8 Å². The third-order valence-corrected chi connectivity index (χ3v) is 1.95. The van der Waals surface area contributed by atoms with E-state index in [0.29, 0.717) is 0 Å². The Bertz CT molecular complexity index is 367. The molecule has 6 nitrogen and oxygen atoms in total. The first-order valence-corrected chi connectivity index (χ1v) is 5.13. The van der Waals surface area contributed by atoms with E-state index < -0.39 is 6.09 Å². The van der Waals surface area contributed by atoms with Gasteiger partial charge in [0.25, 0.3) is 0 Å². The van der Waals surface area contributed by atoms with Gasteiger partial charge < -0.3 is 4.74 Å². The van der Waals surface area contributed by atoms with Crippen LogP contribution in [0.1, 0.15) is 5.56 Å². The largest absolute Gasteiger partial charge is 0.444 e. The van der Waals surface area contributed by atoms with Crippen LogP contribution in [0.5, 0.6) is 0 Å². The van der Waals surface area contributed by atoms with Gasteiger partial charge in [-0.2, -0.15) is 5.10 Å². The lowest BCUT2D eigenvalue weighted by Gasteiger charge is -2.09. The first-order chi connectivity index (χ1) is 8.22. The molecule has 1 rings (SSSR count). The maximum atomic E-state index is 11.2. The highest BCUT2D eigenvalue weighted by molar-refractivity contribution is 5.81. The summed E-state index contributed by atoms with van der Waals surface area (Å²) in [5, 5.41) is 7.65. The number of rotatable bonds is 5. The monoisotopic (exact) mass is 236 g/mol. The van der Waals surface area contributed by atoms with Crippen LogP contribution in [0.4, 0.5) is 4.79 Å². The quantitative estimate of drug-likeness (QED) is 0.453. The minimum Gasteiger partial charge on any atom is -0.444 e. The zero-order valence-electron chi connectivity index (χ0n) is 9.88. The molecule has 1 aromatic carbocycles. The van der Waals surface area contributed by atoms with E-state index in [4.69, 9.17) is 4.74 Å². The van der Waals surface area contributed by atoms with E-state index in [1.54, 1.807) is 14.1 Å². The number of alkyl carbamates (subject to hydrolysis) is 1. The molecule has 1 aromatic rings. The van der Waals surface area contributed by atoms with Crippen molar-refractivity contribution in [2.24, 2.45) is 5.10 Å². The standard InChI is InChI=1S/C11H16N4O2/c1-12-15(2)14-9-13-11(16)17-8-10-6-4-3-5-7-10/h3-7,9,12H,8H2,1-2H3,(H,13,14,16). The molecule has 1 amide bonds. The van der Waals surface area contributed by atoms with E-state index in [9.17, 15) is 4.79 Å². The van der Waals surface area contributed by atoms with Crippen molar-refractivity contribution in [2.75, 3.05) is 14.1 Å². The Hall–Kier alpha value is -2.08. The van der Waals surface area contributed by atoms with Crippen molar-refractivity contribution < 1.29 is 9.53 Å². The highest BCUT2D eigenvalue weighted by atomic mass is 16.5. The first kappa shape index (κ1) is 13.0. The summed E-state index contributed by atoms with van der Waals surface area (Å²) in [7, 11) is 3.42. The number of hydrogen-bond donors (Lipinski definition) is 2. The molecule has 0 bridgehead atoms. The Balaban J connectivity index is 2.24. The van der Waals surface area contributed by atoms with E-state index in [1.807, 2.05) is 30.3 Å². The summed E-state index contributed by atoms with van der Waals surface area (Å²) < 4.78 is 4.96. The third kappa shape index (κ3) is 5.53. The van der Waals surface area contributed by atoms with Gasteiger partial charge in [-0.3, -0.25) is 5.32 Å². The van der Waals surface area contributed by atoms with Gasteiger partial charge in [-0.05, 0) is 5.56 Å². The van der Waals surface area contributed by atoms with E-state index >= 15 is 0 Å².